The highest BCUT2D eigenvalue weighted by Gasteiger charge is 1.99. The molecule has 24 heavy (non-hydrogen) atoms. The van der Waals surface area contributed by atoms with Crippen LogP contribution >= 0.6 is 24.0 Å². The molecule has 0 aliphatic rings. The number of hydrogen-bond donors (Lipinski definition) is 3. The first-order chi connectivity index (χ1) is 11.3. The van der Waals surface area contributed by atoms with Gasteiger partial charge in [0.15, 0.2) is 5.96 Å². The highest BCUT2D eigenvalue weighted by molar-refractivity contribution is 14.0. The van der Waals surface area contributed by atoms with E-state index in [1.807, 2.05) is 37.3 Å². The van der Waals surface area contributed by atoms with E-state index in [1.165, 1.54) is 0 Å². The molecular weight excluding hydrogens is 415 g/mol. The van der Waals surface area contributed by atoms with E-state index < -0.39 is 0 Å². The molecule has 3 N–H and O–H groups in total. The lowest BCUT2D eigenvalue weighted by Gasteiger charge is -2.11. The molecule has 0 saturated heterocycles. The number of guanidine groups is 1. The van der Waals surface area contributed by atoms with Crippen LogP contribution in [0.15, 0.2) is 53.7 Å². The van der Waals surface area contributed by atoms with Crippen LogP contribution in [0.3, 0.4) is 0 Å². The fourth-order valence-electron chi connectivity index (χ4n) is 2.21. The SMILES string of the molecule is CCNC(=NCCc1ccccn1)NCCc1cccc(O)c1.I. The van der Waals surface area contributed by atoms with Gasteiger partial charge in [-0.15, -0.1) is 24.0 Å². The molecule has 0 aliphatic heterocycles. The third-order valence-corrected chi connectivity index (χ3v) is 3.32. The van der Waals surface area contributed by atoms with Gasteiger partial charge in [0.1, 0.15) is 5.75 Å². The number of halogens is 1. The van der Waals surface area contributed by atoms with Crippen LogP contribution in [0, 0.1) is 0 Å². The molecule has 0 saturated carbocycles. The monoisotopic (exact) mass is 440 g/mol. The average Bonchev–Trinajstić information content (AvgIpc) is 2.56. The number of hydrogen-bond acceptors (Lipinski definition) is 3. The van der Waals surface area contributed by atoms with Gasteiger partial charge in [-0.25, -0.2) is 0 Å². The minimum Gasteiger partial charge on any atom is -0.508 e. The highest BCUT2D eigenvalue weighted by Crippen LogP contribution is 2.10. The number of aromatic hydroxyl groups is 1. The molecule has 0 radical (unpaired) electrons. The van der Waals surface area contributed by atoms with Gasteiger partial charge in [0.05, 0.1) is 0 Å². The maximum absolute atomic E-state index is 9.47. The fraction of sp³-hybridized carbons (Fsp3) is 0.333. The normalized spacial score (nSPS) is 10.8. The van der Waals surface area contributed by atoms with Gasteiger partial charge in [0.25, 0.3) is 0 Å². The van der Waals surface area contributed by atoms with E-state index in [-0.39, 0.29) is 24.0 Å². The third kappa shape index (κ3) is 7.63. The third-order valence-electron chi connectivity index (χ3n) is 3.32. The van der Waals surface area contributed by atoms with Crippen LogP contribution in [0.4, 0.5) is 0 Å². The Morgan fingerprint density at radius 3 is 2.71 bits per heavy atom. The zero-order valence-corrected chi connectivity index (χ0v) is 16.2. The molecule has 1 aromatic carbocycles. The molecule has 0 aliphatic carbocycles. The smallest absolute Gasteiger partial charge is 0.191 e. The molecule has 1 heterocycles. The van der Waals surface area contributed by atoms with Gasteiger partial charge in [-0.1, -0.05) is 18.2 Å². The molecule has 2 aromatic rings. The number of phenols is 1. The predicted molar refractivity (Wildman–Crippen MR) is 109 cm³/mol. The van der Waals surface area contributed by atoms with Crippen molar-refractivity contribution >= 4 is 29.9 Å². The summed E-state index contributed by atoms with van der Waals surface area (Å²) in [6, 6.07) is 13.2. The van der Waals surface area contributed by atoms with Crippen LogP contribution in [0.25, 0.3) is 0 Å². The van der Waals surface area contributed by atoms with Gasteiger partial charge in [-0.05, 0) is 43.2 Å². The molecule has 1 aromatic heterocycles. The summed E-state index contributed by atoms with van der Waals surface area (Å²) in [7, 11) is 0. The van der Waals surface area contributed by atoms with Crippen LogP contribution in [0.2, 0.25) is 0 Å². The number of phenolic OH excluding ortho intramolecular Hbond substituents is 1. The van der Waals surface area contributed by atoms with Crippen LogP contribution < -0.4 is 10.6 Å². The summed E-state index contributed by atoms with van der Waals surface area (Å²) in [5.41, 5.74) is 2.15. The Balaban J connectivity index is 0.00000288. The molecular formula is C18H25IN4O. The second-order valence-electron chi connectivity index (χ2n) is 5.18. The van der Waals surface area contributed by atoms with E-state index in [0.717, 1.165) is 43.1 Å². The zero-order chi connectivity index (χ0) is 16.3. The standard InChI is InChI=1S/C18H24N4O.HI/c1-2-19-18(22-13-10-16-7-3-4-11-20-16)21-12-9-15-6-5-8-17(23)14-15;/h3-8,11,14,23H,2,9-10,12-13H2,1H3,(H2,19,21,22);1H. The van der Waals surface area contributed by atoms with E-state index >= 15 is 0 Å². The summed E-state index contributed by atoms with van der Waals surface area (Å²) in [6.07, 6.45) is 3.46. The summed E-state index contributed by atoms with van der Waals surface area (Å²) < 4.78 is 0. The molecule has 130 valence electrons. The first kappa shape index (κ1) is 20.2. The van der Waals surface area contributed by atoms with Gasteiger partial charge < -0.3 is 15.7 Å². The Kier molecular flexibility index (Phi) is 9.83. The number of pyridine rings is 1. The second kappa shape index (κ2) is 11.7. The summed E-state index contributed by atoms with van der Waals surface area (Å²) in [6.45, 7) is 4.32. The lowest BCUT2D eigenvalue weighted by molar-refractivity contribution is 0.474. The number of rotatable bonds is 7. The van der Waals surface area contributed by atoms with Crippen molar-refractivity contribution in [2.24, 2.45) is 4.99 Å². The van der Waals surface area contributed by atoms with Crippen molar-refractivity contribution in [2.45, 2.75) is 19.8 Å². The molecule has 0 atom stereocenters. The molecule has 0 unspecified atom stereocenters. The van der Waals surface area contributed by atoms with E-state index in [2.05, 4.69) is 20.6 Å². The molecule has 6 heteroatoms. The van der Waals surface area contributed by atoms with Crippen LogP contribution in [0.1, 0.15) is 18.2 Å². The number of aromatic nitrogens is 1. The Hall–Kier alpha value is -1.83. The lowest BCUT2D eigenvalue weighted by Crippen LogP contribution is -2.38. The Bertz CT molecular complexity index is 619. The number of benzene rings is 1. The van der Waals surface area contributed by atoms with Crippen LogP contribution in [0.5, 0.6) is 5.75 Å². The van der Waals surface area contributed by atoms with E-state index in [9.17, 15) is 5.11 Å². The van der Waals surface area contributed by atoms with Crippen molar-refractivity contribution in [3.05, 3.63) is 59.9 Å². The van der Waals surface area contributed by atoms with Crippen molar-refractivity contribution in [3.63, 3.8) is 0 Å². The van der Waals surface area contributed by atoms with Crippen molar-refractivity contribution in [2.75, 3.05) is 19.6 Å². The zero-order valence-electron chi connectivity index (χ0n) is 13.9. The van der Waals surface area contributed by atoms with Crippen molar-refractivity contribution in [3.8, 4) is 5.75 Å². The van der Waals surface area contributed by atoms with Gasteiger partial charge >= 0.3 is 0 Å². The summed E-state index contributed by atoms with van der Waals surface area (Å²) in [5, 5.41) is 16.0. The van der Waals surface area contributed by atoms with E-state index in [1.54, 1.807) is 18.3 Å². The second-order valence-corrected chi connectivity index (χ2v) is 5.18. The van der Waals surface area contributed by atoms with Crippen molar-refractivity contribution in [1.82, 2.24) is 15.6 Å². The summed E-state index contributed by atoms with van der Waals surface area (Å²) in [4.78, 5) is 8.86. The fourth-order valence-corrected chi connectivity index (χ4v) is 2.21. The quantitative estimate of drug-likeness (QED) is 0.352. The average molecular weight is 440 g/mol. The Morgan fingerprint density at radius 1 is 1.12 bits per heavy atom. The summed E-state index contributed by atoms with van der Waals surface area (Å²) >= 11 is 0. The molecule has 0 amide bonds. The minimum atomic E-state index is 0. The summed E-state index contributed by atoms with van der Waals surface area (Å²) in [5.74, 6) is 1.11. The van der Waals surface area contributed by atoms with Gasteiger partial charge in [0, 0.05) is 37.9 Å². The number of nitrogens with zero attached hydrogens (tertiary/aromatic N) is 2. The predicted octanol–water partition coefficient (Wildman–Crippen LogP) is 2.75. The highest BCUT2D eigenvalue weighted by atomic mass is 127. The van der Waals surface area contributed by atoms with Gasteiger partial charge in [-0.2, -0.15) is 0 Å². The Labute approximate surface area is 160 Å². The molecule has 0 spiro atoms. The first-order valence-corrected chi connectivity index (χ1v) is 7.98. The van der Waals surface area contributed by atoms with Gasteiger partial charge in [-0.3, -0.25) is 9.98 Å². The Morgan fingerprint density at radius 2 is 2.00 bits per heavy atom. The van der Waals surface area contributed by atoms with Crippen LogP contribution in [-0.2, 0) is 12.8 Å². The maximum atomic E-state index is 9.47. The lowest BCUT2D eigenvalue weighted by atomic mass is 10.1. The maximum Gasteiger partial charge on any atom is 0.191 e. The van der Waals surface area contributed by atoms with Crippen LogP contribution in [-0.4, -0.2) is 35.7 Å². The first-order valence-electron chi connectivity index (χ1n) is 7.98. The molecule has 2 rings (SSSR count). The van der Waals surface area contributed by atoms with E-state index in [4.69, 9.17) is 0 Å². The molecule has 5 nitrogen and oxygen atoms in total. The largest absolute Gasteiger partial charge is 0.508 e. The van der Waals surface area contributed by atoms with Crippen molar-refractivity contribution in [1.29, 1.82) is 0 Å². The molecule has 0 bridgehead atoms. The van der Waals surface area contributed by atoms with E-state index in [0.29, 0.717) is 12.3 Å². The minimum absolute atomic E-state index is 0. The van der Waals surface area contributed by atoms with Gasteiger partial charge in [0.2, 0.25) is 0 Å². The molecule has 0 fully saturated rings. The van der Waals surface area contributed by atoms with Crippen molar-refractivity contribution < 1.29 is 5.11 Å². The number of nitrogens with one attached hydrogen (secondary N) is 2. The number of aliphatic imine (C=N–C) groups is 1. The topological polar surface area (TPSA) is 69.5 Å².